The molecule has 0 aromatic carbocycles. The molecule has 0 atom stereocenters. The second-order valence-corrected chi connectivity index (χ2v) is 5.10. The Balaban J connectivity index is 2.05. The predicted octanol–water partition coefficient (Wildman–Crippen LogP) is 2.36. The molecule has 2 aromatic rings. The molecular formula is C12H16N4S. The molecule has 90 valence electrons. The topological polar surface area (TPSA) is 36.9 Å². The maximum atomic E-state index is 5.42. The van der Waals surface area contributed by atoms with E-state index in [4.69, 9.17) is 12.2 Å². The molecule has 0 radical (unpaired) electrons. The van der Waals surface area contributed by atoms with E-state index >= 15 is 0 Å². The van der Waals surface area contributed by atoms with Gasteiger partial charge < -0.3 is 9.88 Å². The largest absolute Gasteiger partial charge is 0.329 e. The number of hydrogen-bond acceptors (Lipinski definition) is 3. The summed E-state index contributed by atoms with van der Waals surface area (Å²) in [6.45, 7) is 2.26. The summed E-state index contributed by atoms with van der Waals surface area (Å²) in [5, 5.41) is 0. The molecule has 0 spiro atoms. The fourth-order valence-corrected chi connectivity index (χ4v) is 2.90. The lowest BCUT2D eigenvalue weighted by molar-refractivity contribution is 0.222. The lowest BCUT2D eigenvalue weighted by atomic mass is 10.1. The molecule has 0 unspecified atom stereocenters. The SMILES string of the molecule is CN1CCC(n2c(=S)[nH]c3cccnc32)CC1. The number of nitrogens with one attached hydrogen (secondary N) is 1. The molecule has 0 amide bonds. The molecule has 3 heterocycles. The molecule has 4 nitrogen and oxygen atoms in total. The van der Waals surface area contributed by atoms with Crippen molar-refractivity contribution in [2.45, 2.75) is 18.9 Å². The smallest absolute Gasteiger partial charge is 0.179 e. The number of rotatable bonds is 1. The zero-order valence-electron chi connectivity index (χ0n) is 9.89. The number of aromatic nitrogens is 3. The maximum absolute atomic E-state index is 5.42. The number of likely N-dealkylation sites (tertiary alicyclic amines) is 1. The number of fused-ring (bicyclic) bond motifs is 1. The molecular weight excluding hydrogens is 232 g/mol. The standard InChI is InChI=1S/C12H16N4S/c1-15-7-4-9(5-8-15)16-11-10(14-12(16)17)3-2-6-13-11/h2-3,6,9H,4-5,7-8H2,1H3,(H,14,17). The van der Waals surface area contributed by atoms with E-state index in [0.29, 0.717) is 6.04 Å². The molecule has 1 aliphatic rings. The molecule has 2 aromatic heterocycles. The zero-order valence-corrected chi connectivity index (χ0v) is 10.7. The molecule has 0 saturated carbocycles. The van der Waals surface area contributed by atoms with Crippen LogP contribution in [-0.2, 0) is 0 Å². The van der Waals surface area contributed by atoms with Crippen molar-refractivity contribution in [1.29, 1.82) is 0 Å². The van der Waals surface area contributed by atoms with Crippen LogP contribution in [0.15, 0.2) is 18.3 Å². The Morgan fingerprint density at radius 2 is 2.18 bits per heavy atom. The number of aromatic amines is 1. The summed E-state index contributed by atoms with van der Waals surface area (Å²) in [6, 6.07) is 4.46. The van der Waals surface area contributed by atoms with Gasteiger partial charge in [0, 0.05) is 12.2 Å². The van der Waals surface area contributed by atoms with Gasteiger partial charge in [0.05, 0.1) is 5.52 Å². The molecule has 0 bridgehead atoms. The Labute approximate surface area is 105 Å². The van der Waals surface area contributed by atoms with Gasteiger partial charge >= 0.3 is 0 Å². The molecule has 3 rings (SSSR count). The van der Waals surface area contributed by atoms with Gasteiger partial charge in [-0.2, -0.15) is 0 Å². The van der Waals surface area contributed by atoms with E-state index in [2.05, 4.69) is 26.5 Å². The Kier molecular flexibility index (Phi) is 2.72. The highest BCUT2D eigenvalue weighted by atomic mass is 32.1. The average molecular weight is 248 g/mol. The van der Waals surface area contributed by atoms with Crippen LogP contribution in [-0.4, -0.2) is 39.6 Å². The monoisotopic (exact) mass is 248 g/mol. The third-order valence-corrected chi connectivity index (χ3v) is 3.83. The Morgan fingerprint density at radius 3 is 2.94 bits per heavy atom. The molecule has 17 heavy (non-hydrogen) atoms. The molecule has 1 aliphatic heterocycles. The van der Waals surface area contributed by atoms with Gasteiger partial charge in [-0.25, -0.2) is 4.98 Å². The van der Waals surface area contributed by atoms with Crippen LogP contribution in [0.4, 0.5) is 0 Å². The van der Waals surface area contributed by atoms with Crippen LogP contribution in [0.5, 0.6) is 0 Å². The highest BCUT2D eigenvalue weighted by molar-refractivity contribution is 7.71. The number of pyridine rings is 1. The zero-order chi connectivity index (χ0) is 11.8. The summed E-state index contributed by atoms with van der Waals surface area (Å²) in [5.74, 6) is 0. The van der Waals surface area contributed by atoms with Crippen LogP contribution in [0.3, 0.4) is 0 Å². The van der Waals surface area contributed by atoms with Gasteiger partial charge in [0.1, 0.15) is 0 Å². The van der Waals surface area contributed by atoms with Crippen LogP contribution in [0.25, 0.3) is 11.2 Å². The van der Waals surface area contributed by atoms with Crippen LogP contribution in [0, 0.1) is 4.77 Å². The van der Waals surface area contributed by atoms with E-state index in [9.17, 15) is 0 Å². The van der Waals surface area contributed by atoms with Gasteiger partial charge in [0.15, 0.2) is 10.4 Å². The van der Waals surface area contributed by atoms with Crippen LogP contribution in [0.2, 0.25) is 0 Å². The minimum Gasteiger partial charge on any atom is -0.329 e. The quantitative estimate of drug-likeness (QED) is 0.787. The summed E-state index contributed by atoms with van der Waals surface area (Å²) < 4.78 is 2.99. The van der Waals surface area contributed by atoms with Crippen molar-refractivity contribution in [3.8, 4) is 0 Å². The summed E-state index contributed by atoms with van der Waals surface area (Å²) >= 11 is 5.42. The Hall–Kier alpha value is -1.20. The highest BCUT2D eigenvalue weighted by Crippen LogP contribution is 2.25. The molecule has 1 fully saturated rings. The van der Waals surface area contributed by atoms with E-state index in [-0.39, 0.29) is 0 Å². The first-order valence-electron chi connectivity index (χ1n) is 5.99. The molecule has 5 heteroatoms. The number of imidazole rings is 1. The minimum atomic E-state index is 0.488. The van der Waals surface area contributed by atoms with Crippen LogP contribution in [0.1, 0.15) is 18.9 Å². The highest BCUT2D eigenvalue weighted by Gasteiger charge is 2.20. The van der Waals surface area contributed by atoms with Crippen molar-refractivity contribution in [2.75, 3.05) is 20.1 Å². The van der Waals surface area contributed by atoms with Gasteiger partial charge in [-0.1, -0.05) is 0 Å². The van der Waals surface area contributed by atoms with Crippen molar-refractivity contribution in [3.05, 3.63) is 23.1 Å². The lowest BCUT2D eigenvalue weighted by Crippen LogP contribution is -2.31. The molecule has 0 aliphatic carbocycles. The Bertz CT molecular complexity index is 577. The van der Waals surface area contributed by atoms with Gasteiger partial charge in [0.2, 0.25) is 0 Å². The van der Waals surface area contributed by atoms with E-state index in [1.807, 2.05) is 18.3 Å². The Morgan fingerprint density at radius 1 is 1.41 bits per heavy atom. The normalized spacial score (nSPS) is 18.9. The van der Waals surface area contributed by atoms with Gasteiger partial charge in [-0.3, -0.25) is 4.57 Å². The first kappa shape index (κ1) is 10.9. The number of piperidine rings is 1. The summed E-state index contributed by atoms with van der Waals surface area (Å²) in [7, 11) is 2.17. The summed E-state index contributed by atoms with van der Waals surface area (Å²) in [6.07, 6.45) is 4.12. The van der Waals surface area contributed by atoms with Crippen LogP contribution < -0.4 is 0 Å². The van der Waals surface area contributed by atoms with Crippen LogP contribution >= 0.6 is 12.2 Å². The number of hydrogen-bond donors (Lipinski definition) is 1. The van der Waals surface area contributed by atoms with Crippen molar-refractivity contribution in [1.82, 2.24) is 19.4 Å². The summed E-state index contributed by atoms with van der Waals surface area (Å²) in [4.78, 5) is 10.0. The van der Waals surface area contributed by atoms with E-state index in [1.54, 1.807) is 0 Å². The van der Waals surface area contributed by atoms with Gasteiger partial charge in [0.25, 0.3) is 0 Å². The van der Waals surface area contributed by atoms with Crippen molar-refractivity contribution in [2.24, 2.45) is 0 Å². The fourth-order valence-electron chi connectivity index (χ4n) is 2.55. The van der Waals surface area contributed by atoms with Crippen molar-refractivity contribution in [3.63, 3.8) is 0 Å². The maximum Gasteiger partial charge on any atom is 0.179 e. The number of H-pyrrole nitrogens is 1. The first-order chi connectivity index (χ1) is 8.25. The molecule has 1 saturated heterocycles. The number of nitrogens with zero attached hydrogens (tertiary/aromatic N) is 3. The minimum absolute atomic E-state index is 0.488. The third-order valence-electron chi connectivity index (χ3n) is 3.53. The van der Waals surface area contributed by atoms with E-state index in [1.165, 1.54) is 0 Å². The van der Waals surface area contributed by atoms with Crippen molar-refractivity contribution >= 4 is 23.4 Å². The summed E-state index contributed by atoms with van der Waals surface area (Å²) in [5.41, 5.74) is 2.03. The molecule has 1 N–H and O–H groups in total. The van der Waals surface area contributed by atoms with E-state index in [0.717, 1.165) is 41.9 Å². The first-order valence-corrected chi connectivity index (χ1v) is 6.40. The van der Waals surface area contributed by atoms with Gasteiger partial charge in [-0.15, -0.1) is 0 Å². The van der Waals surface area contributed by atoms with E-state index < -0.39 is 0 Å². The second-order valence-electron chi connectivity index (χ2n) is 4.71. The average Bonchev–Trinajstić information content (AvgIpc) is 2.66. The predicted molar refractivity (Wildman–Crippen MR) is 70.7 cm³/mol. The lowest BCUT2D eigenvalue weighted by Gasteiger charge is -2.29. The van der Waals surface area contributed by atoms with Gasteiger partial charge in [-0.05, 0) is 57.3 Å². The second kappa shape index (κ2) is 4.23. The van der Waals surface area contributed by atoms with Crippen molar-refractivity contribution < 1.29 is 0 Å². The third kappa shape index (κ3) is 1.89. The fraction of sp³-hybridized carbons (Fsp3) is 0.500.